The first-order valence-corrected chi connectivity index (χ1v) is 12.5. The van der Waals surface area contributed by atoms with Crippen LogP contribution in [0.1, 0.15) is 62.2 Å². The number of benzene rings is 2. The first-order valence-electron chi connectivity index (χ1n) is 12.5. The van der Waals surface area contributed by atoms with Crippen molar-refractivity contribution in [2.24, 2.45) is 0 Å². The predicted molar refractivity (Wildman–Crippen MR) is 138 cm³/mol. The number of carbonyl (C=O) groups excluding carboxylic acids is 1. The number of nitrogens with one attached hydrogen (secondary N) is 1. The number of likely N-dealkylation sites (tertiary alicyclic amines) is 1. The molecule has 4 heterocycles. The van der Waals surface area contributed by atoms with Gasteiger partial charge in [-0.15, -0.1) is 0 Å². The average Bonchev–Trinajstić information content (AvgIpc) is 3.52. The molecule has 0 bridgehead atoms. The number of imidazole rings is 1. The highest BCUT2D eigenvalue weighted by Gasteiger charge is 2.35. The number of carbonyl (C=O) groups is 1. The van der Waals surface area contributed by atoms with E-state index in [-0.39, 0.29) is 12.1 Å². The summed E-state index contributed by atoms with van der Waals surface area (Å²) in [7, 11) is 0. The fourth-order valence-electron chi connectivity index (χ4n) is 5.25. The molecule has 1 amide bonds. The van der Waals surface area contributed by atoms with E-state index in [1.165, 1.54) is 16.7 Å². The SMILES string of the molecule is Cc1ccc2c(c1)OCC1=C2COc2cc(-c3cnc(C4CCCN4C(=O)OC(C)(C)C)[nH]3)ccc21. The molecule has 36 heavy (non-hydrogen) atoms. The second-order valence-corrected chi connectivity index (χ2v) is 10.8. The van der Waals surface area contributed by atoms with Crippen LogP contribution in [0.5, 0.6) is 11.5 Å². The van der Waals surface area contributed by atoms with Crippen LogP contribution in [0.4, 0.5) is 4.79 Å². The Hall–Kier alpha value is -3.74. The van der Waals surface area contributed by atoms with Crippen molar-refractivity contribution in [2.75, 3.05) is 19.8 Å². The fourth-order valence-corrected chi connectivity index (χ4v) is 5.25. The lowest BCUT2D eigenvalue weighted by molar-refractivity contribution is 0.0218. The van der Waals surface area contributed by atoms with Crippen LogP contribution in [0.25, 0.3) is 22.4 Å². The minimum Gasteiger partial charge on any atom is -0.488 e. The van der Waals surface area contributed by atoms with Gasteiger partial charge in [-0.1, -0.05) is 24.3 Å². The fraction of sp³-hybridized carbons (Fsp3) is 0.379. The van der Waals surface area contributed by atoms with Crippen LogP contribution in [0, 0.1) is 6.92 Å². The third-order valence-corrected chi connectivity index (χ3v) is 6.98. The van der Waals surface area contributed by atoms with E-state index in [1.807, 2.05) is 27.0 Å². The number of aromatic amines is 1. The Labute approximate surface area is 211 Å². The van der Waals surface area contributed by atoms with Gasteiger partial charge in [0.05, 0.1) is 17.9 Å². The van der Waals surface area contributed by atoms with E-state index in [2.05, 4.69) is 53.3 Å². The Morgan fingerprint density at radius 2 is 1.75 bits per heavy atom. The maximum absolute atomic E-state index is 12.7. The van der Waals surface area contributed by atoms with Gasteiger partial charge < -0.3 is 19.2 Å². The van der Waals surface area contributed by atoms with E-state index in [0.29, 0.717) is 19.8 Å². The lowest BCUT2D eigenvalue weighted by Gasteiger charge is -2.30. The summed E-state index contributed by atoms with van der Waals surface area (Å²) < 4.78 is 17.9. The minimum atomic E-state index is -0.526. The number of nitrogens with zero attached hydrogens (tertiary/aromatic N) is 2. The van der Waals surface area contributed by atoms with E-state index >= 15 is 0 Å². The van der Waals surface area contributed by atoms with Crippen molar-refractivity contribution >= 4 is 17.2 Å². The molecule has 186 valence electrons. The van der Waals surface area contributed by atoms with E-state index in [4.69, 9.17) is 14.2 Å². The quantitative estimate of drug-likeness (QED) is 0.471. The van der Waals surface area contributed by atoms with Crippen LogP contribution in [0.3, 0.4) is 0 Å². The molecule has 3 aliphatic rings. The van der Waals surface area contributed by atoms with E-state index in [0.717, 1.165) is 52.5 Å². The lowest BCUT2D eigenvalue weighted by atomic mass is 9.89. The molecule has 1 unspecified atom stereocenters. The van der Waals surface area contributed by atoms with Gasteiger partial charge in [0.25, 0.3) is 0 Å². The summed E-state index contributed by atoms with van der Waals surface area (Å²) in [5.41, 5.74) is 7.11. The van der Waals surface area contributed by atoms with Gasteiger partial charge in [0.2, 0.25) is 0 Å². The summed E-state index contributed by atoms with van der Waals surface area (Å²) in [5, 5.41) is 0. The largest absolute Gasteiger partial charge is 0.488 e. The molecule has 0 saturated carbocycles. The van der Waals surface area contributed by atoms with E-state index in [1.54, 1.807) is 4.90 Å². The second kappa shape index (κ2) is 8.43. The first-order chi connectivity index (χ1) is 17.3. The predicted octanol–water partition coefficient (Wildman–Crippen LogP) is 6.15. The van der Waals surface area contributed by atoms with Crippen LogP contribution in [0.15, 0.2) is 42.6 Å². The summed E-state index contributed by atoms with van der Waals surface area (Å²) in [6.45, 7) is 9.46. The maximum atomic E-state index is 12.7. The van der Waals surface area contributed by atoms with Crippen LogP contribution < -0.4 is 9.47 Å². The van der Waals surface area contributed by atoms with E-state index in [9.17, 15) is 4.79 Å². The maximum Gasteiger partial charge on any atom is 0.410 e. The van der Waals surface area contributed by atoms with E-state index < -0.39 is 5.60 Å². The number of hydrogen-bond acceptors (Lipinski definition) is 5. The van der Waals surface area contributed by atoms with Crippen molar-refractivity contribution in [3.8, 4) is 22.8 Å². The van der Waals surface area contributed by atoms with Crippen molar-refractivity contribution in [3.05, 3.63) is 65.1 Å². The summed E-state index contributed by atoms with van der Waals surface area (Å²) in [6.07, 6.45) is 3.32. The molecule has 3 aromatic rings. The van der Waals surface area contributed by atoms with Gasteiger partial charge in [0.15, 0.2) is 0 Å². The highest BCUT2D eigenvalue weighted by atomic mass is 16.6. The van der Waals surface area contributed by atoms with Gasteiger partial charge in [-0.25, -0.2) is 9.78 Å². The van der Waals surface area contributed by atoms with Gasteiger partial charge >= 0.3 is 6.09 Å². The number of amides is 1. The average molecular weight is 486 g/mol. The first kappa shape index (κ1) is 22.7. The zero-order chi connectivity index (χ0) is 25.0. The highest BCUT2D eigenvalue weighted by Crippen LogP contribution is 2.44. The molecule has 7 nitrogen and oxygen atoms in total. The van der Waals surface area contributed by atoms with Gasteiger partial charge in [-0.05, 0) is 58.2 Å². The molecule has 1 saturated heterocycles. The molecular formula is C29H31N3O4. The Bertz CT molecular complexity index is 1380. The third-order valence-electron chi connectivity index (χ3n) is 6.98. The molecule has 1 fully saturated rings. The van der Waals surface area contributed by atoms with Crippen molar-refractivity contribution in [1.29, 1.82) is 0 Å². The minimum absolute atomic E-state index is 0.113. The third kappa shape index (κ3) is 4.02. The molecule has 1 atom stereocenters. The molecular weight excluding hydrogens is 454 g/mol. The smallest absolute Gasteiger partial charge is 0.410 e. The number of ether oxygens (including phenoxy) is 3. The van der Waals surface area contributed by atoms with Crippen LogP contribution in [-0.2, 0) is 4.74 Å². The Kier molecular flexibility index (Phi) is 5.32. The topological polar surface area (TPSA) is 76.7 Å². The van der Waals surface area contributed by atoms with Crippen molar-refractivity contribution in [3.63, 3.8) is 0 Å². The molecule has 0 aliphatic carbocycles. The molecule has 3 aliphatic heterocycles. The van der Waals surface area contributed by atoms with Crippen LogP contribution in [0.2, 0.25) is 0 Å². The van der Waals surface area contributed by atoms with Gasteiger partial charge in [0, 0.05) is 34.4 Å². The van der Waals surface area contributed by atoms with Gasteiger partial charge in [-0.2, -0.15) is 0 Å². The monoisotopic (exact) mass is 485 g/mol. The summed E-state index contributed by atoms with van der Waals surface area (Å²) in [6, 6.07) is 12.4. The zero-order valence-corrected chi connectivity index (χ0v) is 21.2. The summed E-state index contributed by atoms with van der Waals surface area (Å²) in [5.74, 6) is 2.55. The van der Waals surface area contributed by atoms with Crippen molar-refractivity contribution < 1.29 is 19.0 Å². The Morgan fingerprint density at radius 1 is 1.06 bits per heavy atom. The number of aromatic nitrogens is 2. The molecule has 0 radical (unpaired) electrons. The molecule has 2 aromatic carbocycles. The highest BCUT2D eigenvalue weighted by molar-refractivity contribution is 5.98. The normalized spacial score (nSPS) is 18.7. The van der Waals surface area contributed by atoms with Gasteiger partial charge in [-0.3, -0.25) is 4.90 Å². The van der Waals surface area contributed by atoms with Crippen LogP contribution in [-0.4, -0.2) is 46.3 Å². The zero-order valence-electron chi connectivity index (χ0n) is 21.2. The summed E-state index contributed by atoms with van der Waals surface area (Å²) in [4.78, 5) is 22.6. The summed E-state index contributed by atoms with van der Waals surface area (Å²) >= 11 is 0. The van der Waals surface area contributed by atoms with Crippen LogP contribution >= 0.6 is 0 Å². The molecule has 0 spiro atoms. The standard InChI is InChI=1S/C29H31N3O4/c1-17-7-9-19-21-16-35-26-13-18(8-10-20(26)22(21)15-34-25(19)12-17)23-14-30-27(31-23)24-6-5-11-32(24)28(33)36-29(2,3)4/h7-10,12-14,24H,5-6,11,15-16H2,1-4H3,(H,30,31). The number of H-pyrrole nitrogens is 1. The molecule has 7 heteroatoms. The van der Waals surface area contributed by atoms with Gasteiger partial charge in [0.1, 0.15) is 36.1 Å². The second-order valence-electron chi connectivity index (χ2n) is 10.8. The lowest BCUT2D eigenvalue weighted by Crippen LogP contribution is -2.36. The Morgan fingerprint density at radius 3 is 2.47 bits per heavy atom. The Balaban J connectivity index is 1.26. The number of rotatable bonds is 2. The number of hydrogen-bond donors (Lipinski definition) is 1. The number of fused-ring (bicyclic) bond motifs is 4. The molecule has 1 N–H and O–H groups in total. The van der Waals surface area contributed by atoms with Crippen molar-refractivity contribution in [1.82, 2.24) is 14.9 Å². The molecule has 1 aromatic heterocycles. The number of aryl methyl sites for hydroxylation is 1. The van der Waals surface area contributed by atoms with Crippen molar-refractivity contribution in [2.45, 2.75) is 52.2 Å². The molecule has 6 rings (SSSR count).